The number of aryl methyl sites for hydroxylation is 1. The number of anilines is 1. The summed E-state index contributed by atoms with van der Waals surface area (Å²) in [4.78, 5) is 55.6. The molecule has 2 aliphatic rings. The summed E-state index contributed by atoms with van der Waals surface area (Å²) < 4.78 is 38.6. The van der Waals surface area contributed by atoms with E-state index in [1.807, 2.05) is 31.2 Å². The largest absolute Gasteiger partial charge is 0.457 e. The second-order valence-electron chi connectivity index (χ2n) is 12.2. The second kappa shape index (κ2) is 11.8. The highest BCUT2D eigenvalue weighted by Gasteiger charge is 2.39. The number of ether oxygens (including phenoxy) is 2. The van der Waals surface area contributed by atoms with E-state index in [0.717, 1.165) is 15.4 Å². The van der Waals surface area contributed by atoms with Crippen molar-refractivity contribution >= 4 is 49.9 Å². The first-order valence-corrected chi connectivity index (χ1v) is 17.3. The van der Waals surface area contributed by atoms with Crippen LogP contribution in [-0.4, -0.2) is 44.0 Å². The third-order valence-corrected chi connectivity index (χ3v) is 10.7. The lowest BCUT2D eigenvalue weighted by atomic mass is 9.86. The van der Waals surface area contributed by atoms with Crippen LogP contribution in [0.3, 0.4) is 0 Å². The van der Waals surface area contributed by atoms with Gasteiger partial charge in [0.25, 0.3) is 23.6 Å². The van der Waals surface area contributed by atoms with E-state index in [0.29, 0.717) is 28.4 Å². The molecule has 0 unspecified atom stereocenters. The molecule has 6 aromatic carbocycles. The van der Waals surface area contributed by atoms with E-state index in [1.165, 1.54) is 73.8 Å². The summed E-state index contributed by atoms with van der Waals surface area (Å²) in [7, 11) is -2.45. The standard InChI is InChI=1S/C40H26N2O8S/c1-23-5-3-7-27(21-23)49-25-9-13-29(14-10-25)51(47,48)30-15-11-26(12-16-30)50-28-8-4-6-24(22-28)42-39(45)33-19-17-31-35-32(38(44)41(2)37(31)43)18-20-34(36(33)35)40(42)46/h3-22H,1-2H3. The van der Waals surface area contributed by atoms with Crippen LogP contribution in [-0.2, 0) is 9.84 Å². The van der Waals surface area contributed by atoms with Crippen LogP contribution in [0.2, 0.25) is 0 Å². The molecule has 0 saturated heterocycles. The van der Waals surface area contributed by atoms with Gasteiger partial charge in [-0.2, -0.15) is 0 Å². The fourth-order valence-corrected chi connectivity index (χ4v) is 7.64. The molecule has 0 atom stereocenters. The molecule has 0 saturated carbocycles. The molecule has 2 heterocycles. The first kappa shape index (κ1) is 31.7. The molecule has 0 aromatic heterocycles. The molecule has 6 aromatic rings. The maximum absolute atomic E-state index is 13.8. The molecule has 0 aliphatic carbocycles. The minimum absolute atomic E-state index is 0.0642. The van der Waals surface area contributed by atoms with Crippen LogP contribution in [0.15, 0.2) is 131 Å². The molecule has 2 aliphatic heterocycles. The van der Waals surface area contributed by atoms with Crippen LogP contribution in [0.4, 0.5) is 5.69 Å². The van der Waals surface area contributed by atoms with Crippen molar-refractivity contribution in [2.24, 2.45) is 0 Å². The topological polar surface area (TPSA) is 127 Å². The second-order valence-corrected chi connectivity index (χ2v) is 14.1. The van der Waals surface area contributed by atoms with Crippen molar-refractivity contribution < 1.29 is 37.1 Å². The van der Waals surface area contributed by atoms with Crippen LogP contribution in [0.1, 0.15) is 47.0 Å². The van der Waals surface area contributed by atoms with Gasteiger partial charge in [0.15, 0.2) is 0 Å². The van der Waals surface area contributed by atoms with E-state index in [-0.39, 0.29) is 43.1 Å². The van der Waals surface area contributed by atoms with E-state index >= 15 is 0 Å². The van der Waals surface area contributed by atoms with Crippen molar-refractivity contribution in [1.82, 2.24) is 4.90 Å². The van der Waals surface area contributed by atoms with Gasteiger partial charge in [-0.15, -0.1) is 0 Å². The van der Waals surface area contributed by atoms with Crippen LogP contribution in [0.5, 0.6) is 23.0 Å². The number of nitrogens with zero attached hydrogens (tertiary/aromatic N) is 2. The third kappa shape index (κ3) is 5.22. The molecule has 11 heteroatoms. The number of amides is 4. The Morgan fingerprint density at radius 1 is 0.490 bits per heavy atom. The molecule has 250 valence electrons. The summed E-state index contributed by atoms with van der Waals surface area (Å²) in [5, 5.41) is 0.575. The maximum atomic E-state index is 13.8. The lowest BCUT2D eigenvalue weighted by Gasteiger charge is -2.30. The van der Waals surface area contributed by atoms with Gasteiger partial charge in [-0.3, -0.25) is 24.1 Å². The Balaban J connectivity index is 1.02. The Bertz CT molecular complexity index is 2530. The van der Waals surface area contributed by atoms with Gasteiger partial charge in [-0.1, -0.05) is 18.2 Å². The summed E-state index contributed by atoms with van der Waals surface area (Å²) in [6, 6.07) is 32.0. The number of carbonyl (C=O) groups excluding carboxylic acids is 4. The van der Waals surface area contributed by atoms with Gasteiger partial charge in [0.1, 0.15) is 23.0 Å². The molecule has 4 amide bonds. The molecular formula is C40H26N2O8S. The predicted molar refractivity (Wildman–Crippen MR) is 188 cm³/mol. The minimum atomic E-state index is -3.84. The zero-order valence-corrected chi connectivity index (χ0v) is 27.9. The fraction of sp³-hybridized carbons (Fsp3) is 0.0500. The molecule has 0 N–H and O–H groups in total. The quantitative estimate of drug-likeness (QED) is 0.157. The summed E-state index contributed by atoms with van der Waals surface area (Å²) in [6.45, 7) is 1.96. The van der Waals surface area contributed by atoms with Gasteiger partial charge >= 0.3 is 0 Å². The van der Waals surface area contributed by atoms with Crippen molar-refractivity contribution in [3.05, 3.63) is 149 Å². The Morgan fingerprint density at radius 2 is 0.922 bits per heavy atom. The number of hydrogen-bond donors (Lipinski definition) is 0. The number of rotatable bonds is 7. The first-order valence-electron chi connectivity index (χ1n) is 15.8. The highest BCUT2D eigenvalue weighted by Crippen LogP contribution is 2.39. The van der Waals surface area contributed by atoms with Crippen molar-refractivity contribution in [3.63, 3.8) is 0 Å². The zero-order valence-electron chi connectivity index (χ0n) is 27.1. The van der Waals surface area contributed by atoms with Crippen LogP contribution >= 0.6 is 0 Å². The predicted octanol–water partition coefficient (Wildman–Crippen LogP) is 7.59. The number of hydrogen-bond acceptors (Lipinski definition) is 8. The van der Waals surface area contributed by atoms with E-state index in [1.54, 1.807) is 30.3 Å². The minimum Gasteiger partial charge on any atom is -0.457 e. The van der Waals surface area contributed by atoms with E-state index in [2.05, 4.69) is 0 Å². The summed E-state index contributed by atoms with van der Waals surface area (Å²) in [6.07, 6.45) is 0. The maximum Gasteiger partial charge on any atom is 0.265 e. The van der Waals surface area contributed by atoms with Crippen LogP contribution in [0.25, 0.3) is 10.8 Å². The molecule has 8 rings (SSSR count). The van der Waals surface area contributed by atoms with E-state index in [4.69, 9.17) is 9.47 Å². The number of imide groups is 2. The lowest BCUT2D eigenvalue weighted by molar-refractivity contribution is 0.0649. The number of carbonyl (C=O) groups is 4. The molecule has 10 nitrogen and oxygen atoms in total. The molecule has 51 heavy (non-hydrogen) atoms. The zero-order chi connectivity index (χ0) is 35.6. The van der Waals surface area contributed by atoms with Crippen molar-refractivity contribution in [2.45, 2.75) is 16.7 Å². The van der Waals surface area contributed by atoms with Crippen LogP contribution < -0.4 is 14.4 Å². The van der Waals surface area contributed by atoms with E-state index in [9.17, 15) is 27.6 Å². The van der Waals surface area contributed by atoms with Gasteiger partial charge < -0.3 is 9.47 Å². The Kier molecular flexibility index (Phi) is 7.31. The Morgan fingerprint density at radius 3 is 1.39 bits per heavy atom. The molecule has 0 radical (unpaired) electrons. The molecule has 0 spiro atoms. The third-order valence-electron chi connectivity index (χ3n) is 8.90. The Hall–Kier alpha value is -6.59. The number of sulfone groups is 1. The molecular weight excluding hydrogens is 669 g/mol. The van der Waals surface area contributed by atoms with Gasteiger partial charge in [0.05, 0.1) is 15.5 Å². The average Bonchev–Trinajstić information content (AvgIpc) is 3.13. The summed E-state index contributed by atoms with van der Waals surface area (Å²) in [5.41, 5.74) is 2.15. The monoisotopic (exact) mass is 694 g/mol. The molecule has 0 bridgehead atoms. The van der Waals surface area contributed by atoms with Crippen molar-refractivity contribution in [1.29, 1.82) is 0 Å². The Labute approximate surface area is 292 Å². The summed E-state index contributed by atoms with van der Waals surface area (Å²) >= 11 is 0. The van der Waals surface area contributed by atoms with Gasteiger partial charge in [-0.25, -0.2) is 13.3 Å². The highest BCUT2D eigenvalue weighted by atomic mass is 32.2. The van der Waals surface area contributed by atoms with Gasteiger partial charge in [0.2, 0.25) is 9.84 Å². The lowest BCUT2D eigenvalue weighted by Crippen LogP contribution is -2.42. The van der Waals surface area contributed by atoms with Crippen LogP contribution in [0, 0.1) is 6.92 Å². The summed E-state index contributed by atoms with van der Waals surface area (Å²) in [5.74, 6) is -0.467. The molecule has 0 fully saturated rings. The van der Waals surface area contributed by atoms with E-state index < -0.39 is 33.5 Å². The smallest absolute Gasteiger partial charge is 0.265 e. The average molecular weight is 695 g/mol. The fourth-order valence-electron chi connectivity index (χ4n) is 6.38. The SMILES string of the molecule is Cc1cccc(Oc2ccc(S(=O)(=O)c3ccc(Oc4cccc(N5C(=O)c6ccc7c8c(ccc(c68)C5=O)C(=O)N(C)C7=O)c4)cc3)cc2)c1. The van der Waals surface area contributed by atoms with Gasteiger partial charge in [-0.05, 0) is 110 Å². The highest BCUT2D eigenvalue weighted by molar-refractivity contribution is 7.91. The number of benzene rings is 6. The van der Waals surface area contributed by atoms with Crippen molar-refractivity contribution in [2.75, 3.05) is 11.9 Å². The normalized spacial score (nSPS) is 13.9. The van der Waals surface area contributed by atoms with Gasteiger partial charge in [0, 0.05) is 46.1 Å². The van der Waals surface area contributed by atoms with Crippen molar-refractivity contribution in [3.8, 4) is 23.0 Å². The first-order chi connectivity index (χ1) is 24.5.